The van der Waals surface area contributed by atoms with Crippen LogP contribution in [0.25, 0.3) is 10.9 Å². The molecular formula is C10H10N2S. The third kappa shape index (κ3) is 1.47. The second kappa shape index (κ2) is 3.26. The van der Waals surface area contributed by atoms with Gasteiger partial charge in [-0.1, -0.05) is 12.1 Å². The normalized spacial score (nSPS) is 12.3. The molecule has 3 heteroatoms. The van der Waals surface area contributed by atoms with Gasteiger partial charge in [-0.2, -0.15) is 0 Å². The predicted octanol–water partition coefficient (Wildman–Crippen LogP) is 2.14. The van der Waals surface area contributed by atoms with Crippen molar-refractivity contribution in [2.75, 3.05) is 7.05 Å². The summed E-state index contributed by atoms with van der Waals surface area (Å²) in [4.78, 5) is 8.68. The lowest BCUT2D eigenvalue weighted by molar-refractivity contribution is 1.29. The summed E-state index contributed by atoms with van der Waals surface area (Å²) in [6, 6.07) is 8.09. The zero-order valence-electron chi connectivity index (χ0n) is 7.61. The first-order valence-corrected chi connectivity index (χ1v) is 4.92. The lowest BCUT2D eigenvalue weighted by atomic mass is 10.2. The molecule has 13 heavy (non-hydrogen) atoms. The van der Waals surface area contributed by atoms with Gasteiger partial charge >= 0.3 is 0 Å². The summed E-state index contributed by atoms with van der Waals surface area (Å²) in [5, 5.41) is 2.19. The van der Waals surface area contributed by atoms with E-state index in [9.17, 15) is 0 Å². The van der Waals surface area contributed by atoms with Crippen LogP contribution in [0.4, 0.5) is 0 Å². The van der Waals surface area contributed by atoms with E-state index in [1.807, 2.05) is 32.2 Å². The van der Waals surface area contributed by atoms with Crippen molar-refractivity contribution in [3.05, 3.63) is 33.9 Å². The monoisotopic (exact) mass is 190 g/mol. The fraction of sp³-hybridized carbons (Fsp3) is 0.200. The highest BCUT2D eigenvalue weighted by molar-refractivity contribution is 7.09. The molecule has 1 heterocycles. The minimum Gasteiger partial charge on any atom is -0.277 e. The maximum atomic E-state index is 4.44. The molecule has 0 fully saturated rings. The molecule has 0 aliphatic heterocycles. The van der Waals surface area contributed by atoms with E-state index in [1.54, 1.807) is 11.3 Å². The van der Waals surface area contributed by atoms with Crippen molar-refractivity contribution in [3.63, 3.8) is 0 Å². The van der Waals surface area contributed by atoms with E-state index in [2.05, 4.69) is 16.0 Å². The Bertz CT molecular complexity index is 499. The number of benzene rings is 1. The first-order chi connectivity index (χ1) is 6.31. The van der Waals surface area contributed by atoms with Crippen molar-refractivity contribution in [2.45, 2.75) is 6.92 Å². The lowest BCUT2D eigenvalue weighted by Gasteiger charge is -1.97. The number of hydrogen-bond donors (Lipinski definition) is 0. The van der Waals surface area contributed by atoms with Gasteiger partial charge in [0.2, 0.25) is 0 Å². The second-order valence-electron chi connectivity index (χ2n) is 2.78. The summed E-state index contributed by atoms with van der Waals surface area (Å²) >= 11 is 1.63. The Morgan fingerprint density at radius 3 is 2.85 bits per heavy atom. The van der Waals surface area contributed by atoms with Gasteiger partial charge in [-0.25, -0.2) is 4.98 Å². The van der Waals surface area contributed by atoms with Crippen LogP contribution in [0.1, 0.15) is 5.01 Å². The maximum Gasteiger partial charge on any atom is 0.121 e. The molecular weight excluding hydrogens is 180 g/mol. The molecule has 0 unspecified atom stereocenters. The van der Waals surface area contributed by atoms with Gasteiger partial charge in [0.15, 0.2) is 0 Å². The quantitative estimate of drug-likeness (QED) is 0.624. The zero-order valence-corrected chi connectivity index (χ0v) is 8.43. The molecule has 0 atom stereocenters. The molecule has 0 saturated carbocycles. The molecule has 1 aromatic carbocycles. The Morgan fingerprint density at radius 2 is 2.08 bits per heavy atom. The Kier molecular flexibility index (Phi) is 2.10. The average molecular weight is 190 g/mol. The van der Waals surface area contributed by atoms with E-state index in [-0.39, 0.29) is 0 Å². The fourth-order valence-electron chi connectivity index (χ4n) is 1.31. The van der Waals surface area contributed by atoms with Crippen LogP contribution in [0.5, 0.6) is 0 Å². The smallest absolute Gasteiger partial charge is 0.121 e. The molecule has 2 nitrogen and oxygen atoms in total. The number of fused-ring (bicyclic) bond motifs is 1. The summed E-state index contributed by atoms with van der Waals surface area (Å²) in [5.41, 5.74) is 1.03. The first-order valence-electron chi connectivity index (χ1n) is 4.10. The molecule has 0 radical (unpaired) electrons. The second-order valence-corrected chi connectivity index (χ2v) is 3.96. The van der Waals surface area contributed by atoms with Crippen molar-refractivity contribution >= 4 is 22.2 Å². The molecule has 2 rings (SSSR count). The van der Waals surface area contributed by atoms with Crippen LogP contribution < -0.4 is 4.67 Å². The highest BCUT2D eigenvalue weighted by Crippen LogP contribution is 2.09. The van der Waals surface area contributed by atoms with Crippen LogP contribution in [0.3, 0.4) is 0 Å². The summed E-state index contributed by atoms with van der Waals surface area (Å²) in [6.45, 7) is 2.01. The molecule has 0 aliphatic carbocycles. The van der Waals surface area contributed by atoms with Gasteiger partial charge in [0.05, 0.1) is 10.5 Å². The SMILES string of the molecule is C/N=c1/sc(C)nc2ccccc12. The Hall–Kier alpha value is -1.22. The summed E-state index contributed by atoms with van der Waals surface area (Å²) < 4.78 is 1.06. The van der Waals surface area contributed by atoms with Crippen molar-refractivity contribution in [3.8, 4) is 0 Å². The van der Waals surface area contributed by atoms with E-state index in [1.165, 1.54) is 0 Å². The Labute approximate surface area is 80.6 Å². The lowest BCUT2D eigenvalue weighted by Crippen LogP contribution is -2.00. The first kappa shape index (κ1) is 8.38. The number of para-hydroxylation sites is 1. The van der Waals surface area contributed by atoms with Gasteiger partial charge in [-0.05, 0) is 19.1 Å². The van der Waals surface area contributed by atoms with E-state index >= 15 is 0 Å². The van der Waals surface area contributed by atoms with Crippen LogP contribution in [-0.4, -0.2) is 12.0 Å². The Balaban J connectivity index is 2.99. The zero-order chi connectivity index (χ0) is 9.26. The van der Waals surface area contributed by atoms with Crippen LogP contribution in [0.15, 0.2) is 29.3 Å². The highest BCUT2D eigenvalue weighted by atomic mass is 32.1. The number of aryl methyl sites for hydroxylation is 1. The third-order valence-corrected chi connectivity index (χ3v) is 2.84. The number of aromatic nitrogens is 1. The van der Waals surface area contributed by atoms with Gasteiger partial charge in [0.1, 0.15) is 4.67 Å². The average Bonchev–Trinajstić information content (AvgIpc) is 2.16. The van der Waals surface area contributed by atoms with E-state index < -0.39 is 0 Å². The molecule has 0 bridgehead atoms. The van der Waals surface area contributed by atoms with Gasteiger partial charge in [-0.3, -0.25) is 4.99 Å². The molecule has 66 valence electrons. The Morgan fingerprint density at radius 1 is 1.31 bits per heavy atom. The minimum atomic E-state index is 1.03. The van der Waals surface area contributed by atoms with Gasteiger partial charge < -0.3 is 0 Å². The number of nitrogens with zero attached hydrogens (tertiary/aromatic N) is 2. The van der Waals surface area contributed by atoms with Crippen LogP contribution in [0.2, 0.25) is 0 Å². The highest BCUT2D eigenvalue weighted by Gasteiger charge is 1.97. The molecule has 0 spiro atoms. The largest absolute Gasteiger partial charge is 0.277 e. The van der Waals surface area contributed by atoms with Crippen molar-refractivity contribution in [1.82, 2.24) is 4.98 Å². The molecule has 1 aromatic heterocycles. The third-order valence-electron chi connectivity index (χ3n) is 1.86. The van der Waals surface area contributed by atoms with Gasteiger partial charge in [-0.15, -0.1) is 11.3 Å². The fourth-order valence-corrected chi connectivity index (χ4v) is 2.10. The molecule has 0 saturated heterocycles. The molecule has 0 aliphatic rings. The van der Waals surface area contributed by atoms with Crippen LogP contribution in [-0.2, 0) is 0 Å². The molecule has 0 amide bonds. The summed E-state index contributed by atoms with van der Waals surface area (Å²) in [5.74, 6) is 0. The van der Waals surface area contributed by atoms with E-state index in [4.69, 9.17) is 0 Å². The van der Waals surface area contributed by atoms with Gasteiger partial charge in [0.25, 0.3) is 0 Å². The number of rotatable bonds is 0. The van der Waals surface area contributed by atoms with E-state index in [0.717, 1.165) is 20.6 Å². The van der Waals surface area contributed by atoms with Crippen LogP contribution >= 0.6 is 11.3 Å². The topological polar surface area (TPSA) is 25.2 Å². The predicted molar refractivity (Wildman–Crippen MR) is 55.8 cm³/mol. The summed E-state index contributed by atoms with van der Waals surface area (Å²) in [6.07, 6.45) is 0. The summed E-state index contributed by atoms with van der Waals surface area (Å²) in [7, 11) is 1.82. The molecule has 2 aromatic rings. The molecule has 0 N–H and O–H groups in total. The minimum absolute atomic E-state index is 1.03. The van der Waals surface area contributed by atoms with Crippen LogP contribution in [0, 0.1) is 6.92 Å². The van der Waals surface area contributed by atoms with Crippen molar-refractivity contribution in [1.29, 1.82) is 0 Å². The van der Waals surface area contributed by atoms with Crippen molar-refractivity contribution in [2.24, 2.45) is 4.99 Å². The standard InChI is InChI=1S/C10H10N2S/c1-7-12-9-6-4-3-5-8(9)10(11-2)13-7/h3-6H,1-2H3/b11-10+. The van der Waals surface area contributed by atoms with Gasteiger partial charge in [0, 0.05) is 12.4 Å². The van der Waals surface area contributed by atoms with E-state index in [0.29, 0.717) is 0 Å². The van der Waals surface area contributed by atoms with Crippen molar-refractivity contribution < 1.29 is 0 Å². The maximum absolute atomic E-state index is 4.44. The number of hydrogen-bond acceptors (Lipinski definition) is 3.